The SMILES string of the molecule is CN(CC(=O)Nc1cc(Cl)ccc1N)C1CCCC1. The van der Waals surface area contributed by atoms with Crippen molar-refractivity contribution in [2.45, 2.75) is 31.7 Å². The van der Waals surface area contributed by atoms with Gasteiger partial charge in [-0.25, -0.2) is 0 Å². The Hall–Kier alpha value is -1.26. The Kier molecular flexibility index (Phi) is 4.66. The van der Waals surface area contributed by atoms with Gasteiger partial charge in [-0.1, -0.05) is 24.4 Å². The van der Waals surface area contributed by atoms with Crippen molar-refractivity contribution < 1.29 is 4.79 Å². The molecule has 1 aromatic rings. The fourth-order valence-corrected chi connectivity index (χ4v) is 2.70. The molecule has 0 atom stereocenters. The number of nitrogen functional groups attached to an aromatic ring is 1. The summed E-state index contributed by atoms with van der Waals surface area (Å²) in [5, 5.41) is 3.38. The number of benzene rings is 1. The average Bonchev–Trinajstić information content (AvgIpc) is 2.87. The third-order valence-electron chi connectivity index (χ3n) is 3.63. The molecule has 1 amide bonds. The lowest BCUT2D eigenvalue weighted by Gasteiger charge is -2.23. The minimum Gasteiger partial charge on any atom is -0.397 e. The van der Waals surface area contributed by atoms with E-state index in [9.17, 15) is 4.79 Å². The number of likely N-dealkylation sites (N-methyl/N-ethyl adjacent to an activating group) is 1. The molecule has 0 radical (unpaired) electrons. The maximum Gasteiger partial charge on any atom is 0.238 e. The standard InChI is InChI=1S/C14H20ClN3O/c1-18(11-4-2-3-5-11)9-14(19)17-13-8-10(15)6-7-12(13)16/h6-8,11H,2-5,9,16H2,1H3,(H,17,19). The summed E-state index contributed by atoms with van der Waals surface area (Å²) in [4.78, 5) is 14.1. The first kappa shape index (κ1) is 14.2. The molecule has 5 heteroatoms. The highest BCUT2D eigenvalue weighted by molar-refractivity contribution is 6.31. The smallest absolute Gasteiger partial charge is 0.238 e. The Morgan fingerprint density at radius 2 is 2.16 bits per heavy atom. The van der Waals surface area contributed by atoms with Crippen LogP contribution < -0.4 is 11.1 Å². The van der Waals surface area contributed by atoms with Gasteiger partial charge in [0.1, 0.15) is 0 Å². The summed E-state index contributed by atoms with van der Waals surface area (Å²) in [5.41, 5.74) is 6.91. The molecule has 1 aromatic carbocycles. The predicted octanol–water partition coefficient (Wildman–Crippen LogP) is 2.74. The molecule has 0 aromatic heterocycles. The first-order valence-corrected chi connectivity index (χ1v) is 6.99. The molecule has 0 heterocycles. The summed E-state index contributed by atoms with van der Waals surface area (Å²) in [6.45, 7) is 0.386. The van der Waals surface area contributed by atoms with E-state index in [1.807, 2.05) is 7.05 Å². The Labute approximate surface area is 118 Å². The molecule has 3 N–H and O–H groups in total. The zero-order valence-electron chi connectivity index (χ0n) is 11.2. The number of nitrogens with zero attached hydrogens (tertiary/aromatic N) is 1. The maximum atomic E-state index is 12.0. The second kappa shape index (κ2) is 6.26. The summed E-state index contributed by atoms with van der Waals surface area (Å²) in [6, 6.07) is 5.60. The van der Waals surface area contributed by atoms with Crippen LogP contribution in [0, 0.1) is 0 Å². The van der Waals surface area contributed by atoms with Gasteiger partial charge in [-0.3, -0.25) is 9.69 Å². The van der Waals surface area contributed by atoms with E-state index >= 15 is 0 Å². The first-order valence-electron chi connectivity index (χ1n) is 6.61. The van der Waals surface area contributed by atoms with Crippen molar-refractivity contribution in [1.29, 1.82) is 0 Å². The van der Waals surface area contributed by atoms with Crippen molar-refractivity contribution in [3.63, 3.8) is 0 Å². The van der Waals surface area contributed by atoms with Gasteiger partial charge >= 0.3 is 0 Å². The Morgan fingerprint density at radius 1 is 1.47 bits per heavy atom. The molecule has 0 bridgehead atoms. The van der Waals surface area contributed by atoms with E-state index in [1.165, 1.54) is 25.7 Å². The number of hydrogen-bond acceptors (Lipinski definition) is 3. The highest BCUT2D eigenvalue weighted by Gasteiger charge is 2.21. The first-order chi connectivity index (χ1) is 9.06. The molecular formula is C14H20ClN3O. The number of nitrogens with two attached hydrogens (primary N) is 1. The Balaban J connectivity index is 1.91. The van der Waals surface area contributed by atoms with E-state index in [1.54, 1.807) is 18.2 Å². The van der Waals surface area contributed by atoms with Crippen LogP contribution in [0.2, 0.25) is 5.02 Å². The van der Waals surface area contributed by atoms with E-state index in [4.69, 9.17) is 17.3 Å². The molecule has 19 heavy (non-hydrogen) atoms. The van der Waals surface area contributed by atoms with Crippen LogP contribution in [0.5, 0.6) is 0 Å². The van der Waals surface area contributed by atoms with Gasteiger partial charge in [0.15, 0.2) is 0 Å². The summed E-state index contributed by atoms with van der Waals surface area (Å²) < 4.78 is 0. The lowest BCUT2D eigenvalue weighted by Crippen LogP contribution is -2.36. The molecule has 1 aliphatic rings. The summed E-state index contributed by atoms with van der Waals surface area (Å²) in [7, 11) is 2.00. The van der Waals surface area contributed by atoms with E-state index in [-0.39, 0.29) is 5.91 Å². The highest BCUT2D eigenvalue weighted by atomic mass is 35.5. The topological polar surface area (TPSA) is 58.4 Å². The highest BCUT2D eigenvalue weighted by Crippen LogP contribution is 2.24. The normalized spacial score (nSPS) is 15.9. The van der Waals surface area contributed by atoms with Crippen LogP contribution in [-0.4, -0.2) is 30.4 Å². The van der Waals surface area contributed by atoms with Gasteiger partial charge < -0.3 is 11.1 Å². The van der Waals surface area contributed by atoms with Crippen molar-refractivity contribution in [3.05, 3.63) is 23.2 Å². The van der Waals surface area contributed by atoms with Crippen LogP contribution in [0.25, 0.3) is 0 Å². The van der Waals surface area contributed by atoms with Crippen LogP contribution in [-0.2, 0) is 4.79 Å². The molecule has 0 spiro atoms. The number of anilines is 2. The molecule has 0 aliphatic heterocycles. The number of carbonyl (C=O) groups is 1. The van der Waals surface area contributed by atoms with E-state index in [0.717, 1.165) is 0 Å². The molecule has 1 saturated carbocycles. The number of carbonyl (C=O) groups excluding carboxylic acids is 1. The second-order valence-electron chi connectivity index (χ2n) is 5.13. The molecule has 4 nitrogen and oxygen atoms in total. The fraction of sp³-hybridized carbons (Fsp3) is 0.500. The van der Waals surface area contributed by atoms with E-state index in [0.29, 0.717) is 29.0 Å². The lowest BCUT2D eigenvalue weighted by molar-refractivity contribution is -0.117. The second-order valence-corrected chi connectivity index (χ2v) is 5.57. The van der Waals surface area contributed by atoms with Gasteiger partial charge in [0.25, 0.3) is 0 Å². The number of hydrogen-bond donors (Lipinski definition) is 2. The fourth-order valence-electron chi connectivity index (χ4n) is 2.53. The van der Waals surface area contributed by atoms with Crippen LogP contribution >= 0.6 is 11.6 Å². The van der Waals surface area contributed by atoms with E-state index in [2.05, 4.69) is 10.2 Å². The number of nitrogens with one attached hydrogen (secondary N) is 1. The minimum atomic E-state index is -0.0524. The number of rotatable bonds is 4. The van der Waals surface area contributed by atoms with Crippen LogP contribution in [0.4, 0.5) is 11.4 Å². The monoisotopic (exact) mass is 281 g/mol. The summed E-state index contributed by atoms with van der Waals surface area (Å²) >= 11 is 5.89. The maximum absolute atomic E-state index is 12.0. The molecule has 0 unspecified atom stereocenters. The molecule has 104 valence electrons. The Bertz CT molecular complexity index is 458. The van der Waals surface area contributed by atoms with Crippen LogP contribution in [0.1, 0.15) is 25.7 Å². The van der Waals surface area contributed by atoms with Gasteiger partial charge in [-0.05, 0) is 38.1 Å². The molecule has 0 saturated heterocycles. The quantitative estimate of drug-likeness (QED) is 0.835. The average molecular weight is 282 g/mol. The third kappa shape index (κ3) is 3.85. The minimum absolute atomic E-state index is 0.0524. The van der Waals surface area contributed by atoms with Gasteiger partial charge in [0, 0.05) is 11.1 Å². The summed E-state index contributed by atoms with van der Waals surface area (Å²) in [6.07, 6.45) is 4.89. The van der Waals surface area contributed by atoms with Crippen LogP contribution in [0.15, 0.2) is 18.2 Å². The van der Waals surface area contributed by atoms with Crippen molar-refractivity contribution in [2.75, 3.05) is 24.6 Å². The summed E-state index contributed by atoms with van der Waals surface area (Å²) in [5.74, 6) is -0.0524. The van der Waals surface area contributed by atoms with Gasteiger partial charge in [-0.2, -0.15) is 0 Å². The lowest BCUT2D eigenvalue weighted by atomic mass is 10.2. The van der Waals surface area contributed by atoms with Gasteiger partial charge in [0.2, 0.25) is 5.91 Å². The zero-order chi connectivity index (χ0) is 13.8. The third-order valence-corrected chi connectivity index (χ3v) is 3.87. The molecule has 1 fully saturated rings. The van der Waals surface area contributed by atoms with Crippen LogP contribution in [0.3, 0.4) is 0 Å². The zero-order valence-corrected chi connectivity index (χ0v) is 11.9. The Morgan fingerprint density at radius 3 is 2.84 bits per heavy atom. The van der Waals surface area contributed by atoms with Gasteiger partial charge in [0.05, 0.1) is 17.9 Å². The molecule has 1 aliphatic carbocycles. The van der Waals surface area contributed by atoms with Crippen molar-refractivity contribution in [3.8, 4) is 0 Å². The predicted molar refractivity (Wildman–Crippen MR) is 79.4 cm³/mol. The number of halogens is 1. The molecular weight excluding hydrogens is 262 g/mol. The van der Waals surface area contributed by atoms with Gasteiger partial charge in [-0.15, -0.1) is 0 Å². The molecule has 2 rings (SSSR count). The van der Waals surface area contributed by atoms with Crippen molar-refractivity contribution in [1.82, 2.24) is 4.90 Å². The van der Waals surface area contributed by atoms with E-state index < -0.39 is 0 Å². The van der Waals surface area contributed by atoms with Crippen molar-refractivity contribution >= 4 is 28.9 Å². The largest absolute Gasteiger partial charge is 0.397 e. The number of amides is 1. The van der Waals surface area contributed by atoms with Crippen molar-refractivity contribution in [2.24, 2.45) is 0 Å².